The van der Waals surface area contributed by atoms with Gasteiger partial charge in [-0.1, -0.05) is 45.0 Å². The molecule has 0 amide bonds. The van der Waals surface area contributed by atoms with Gasteiger partial charge in [0.15, 0.2) is 0 Å². The van der Waals surface area contributed by atoms with Crippen LogP contribution in [0.4, 0.5) is 0 Å². The molecule has 3 atom stereocenters. The molecule has 1 aromatic carbocycles. The Bertz CT molecular complexity index is 410. The van der Waals surface area contributed by atoms with Gasteiger partial charge in [0.2, 0.25) is 0 Å². The van der Waals surface area contributed by atoms with E-state index in [0.29, 0.717) is 18.2 Å². The molecule has 3 unspecified atom stereocenters. The van der Waals surface area contributed by atoms with Crippen LogP contribution in [0.3, 0.4) is 0 Å². The van der Waals surface area contributed by atoms with Crippen molar-refractivity contribution in [3.8, 4) is 0 Å². The highest BCUT2D eigenvalue weighted by Crippen LogP contribution is 2.43. The lowest BCUT2D eigenvalue weighted by Gasteiger charge is -2.52. The topological polar surface area (TPSA) is 21.3 Å². The molecule has 0 saturated heterocycles. The van der Waals surface area contributed by atoms with Crippen molar-refractivity contribution in [3.05, 3.63) is 35.4 Å². The Labute approximate surface area is 117 Å². The predicted molar refractivity (Wildman–Crippen MR) is 80.4 cm³/mol. The summed E-state index contributed by atoms with van der Waals surface area (Å²) in [5.41, 5.74) is 3.00. The molecule has 19 heavy (non-hydrogen) atoms. The van der Waals surface area contributed by atoms with Crippen LogP contribution in [0.5, 0.6) is 0 Å². The quantitative estimate of drug-likeness (QED) is 0.872. The van der Waals surface area contributed by atoms with Gasteiger partial charge in [-0.25, -0.2) is 0 Å². The number of nitrogens with one attached hydrogen (secondary N) is 1. The lowest BCUT2D eigenvalue weighted by molar-refractivity contribution is -0.0999. The average Bonchev–Trinajstić information content (AvgIpc) is 2.42. The minimum absolute atomic E-state index is 0.229. The van der Waals surface area contributed by atoms with Crippen molar-refractivity contribution in [2.24, 2.45) is 5.41 Å². The van der Waals surface area contributed by atoms with Crippen molar-refractivity contribution in [2.45, 2.75) is 58.7 Å². The van der Waals surface area contributed by atoms with Crippen LogP contribution >= 0.6 is 0 Å². The van der Waals surface area contributed by atoms with Crippen LogP contribution in [0.15, 0.2) is 24.3 Å². The summed E-state index contributed by atoms with van der Waals surface area (Å²) in [5.74, 6) is 0. The number of aryl methyl sites for hydroxylation is 1. The molecule has 0 aliphatic heterocycles. The van der Waals surface area contributed by atoms with Gasteiger partial charge in [-0.15, -0.1) is 0 Å². The summed E-state index contributed by atoms with van der Waals surface area (Å²) in [6.07, 6.45) is 2.60. The molecule has 0 aromatic heterocycles. The Kier molecular flexibility index (Phi) is 4.32. The zero-order chi connectivity index (χ0) is 14.0. The maximum atomic E-state index is 5.51. The third-order valence-electron chi connectivity index (χ3n) is 4.80. The van der Waals surface area contributed by atoms with Crippen LogP contribution in [0.25, 0.3) is 0 Å². The first-order valence-corrected chi connectivity index (χ1v) is 7.36. The minimum Gasteiger partial charge on any atom is -0.381 e. The molecule has 1 fully saturated rings. The van der Waals surface area contributed by atoms with Crippen LogP contribution in [0.1, 0.15) is 51.3 Å². The van der Waals surface area contributed by atoms with Gasteiger partial charge in [0.05, 0.1) is 6.10 Å². The number of methoxy groups -OCH3 is 1. The van der Waals surface area contributed by atoms with Gasteiger partial charge in [-0.05, 0) is 30.9 Å². The van der Waals surface area contributed by atoms with Crippen LogP contribution in [-0.2, 0) is 11.2 Å². The van der Waals surface area contributed by atoms with Crippen LogP contribution in [0, 0.1) is 5.41 Å². The van der Waals surface area contributed by atoms with Crippen molar-refractivity contribution in [3.63, 3.8) is 0 Å². The van der Waals surface area contributed by atoms with Crippen molar-refractivity contribution in [1.29, 1.82) is 0 Å². The van der Waals surface area contributed by atoms with E-state index in [0.717, 1.165) is 12.8 Å². The van der Waals surface area contributed by atoms with Gasteiger partial charge in [-0.3, -0.25) is 0 Å². The minimum atomic E-state index is 0.229. The van der Waals surface area contributed by atoms with Crippen molar-refractivity contribution >= 4 is 0 Å². The second kappa shape index (κ2) is 5.64. The third kappa shape index (κ3) is 2.85. The van der Waals surface area contributed by atoms with Crippen molar-refractivity contribution < 1.29 is 4.74 Å². The molecule has 2 nitrogen and oxygen atoms in total. The molecule has 2 heteroatoms. The molecule has 0 bridgehead atoms. The molecule has 0 heterocycles. The maximum absolute atomic E-state index is 5.51. The van der Waals surface area contributed by atoms with E-state index in [2.05, 4.69) is 57.3 Å². The van der Waals surface area contributed by atoms with E-state index in [1.54, 1.807) is 0 Å². The Hall–Kier alpha value is -0.860. The van der Waals surface area contributed by atoms with Gasteiger partial charge < -0.3 is 10.1 Å². The fourth-order valence-electron chi connectivity index (χ4n) is 3.01. The van der Waals surface area contributed by atoms with E-state index >= 15 is 0 Å². The van der Waals surface area contributed by atoms with E-state index in [-0.39, 0.29) is 5.41 Å². The molecular formula is C17H27NO. The van der Waals surface area contributed by atoms with Crippen molar-refractivity contribution in [2.75, 3.05) is 7.11 Å². The van der Waals surface area contributed by atoms with Crippen molar-refractivity contribution in [1.82, 2.24) is 5.32 Å². The number of hydrogen-bond donors (Lipinski definition) is 1. The normalized spacial score (nSPS) is 26.8. The summed E-state index contributed by atoms with van der Waals surface area (Å²) >= 11 is 0. The first kappa shape index (κ1) is 14.5. The summed E-state index contributed by atoms with van der Waals surface area (Å²) in [6.45, 7) is 9.01. The molecule has 1 N–H and O–H groups in total. The second-order valence-corrected chi connectivity index (χ2v) is 6.32. The molecule has 0 radical (unpaired) electrons. The van der Waals surface area contributed by atoms with E-state index in [1.165, 1.54) is 11.1 Å². The number of ether oxygens (including phenoxy) is 1. The Morgan fingerprint density at radius 3 is 2.42 bits per heavy atom. The lowest BCUT2D eigenvalue weighted by atomic mass is 9.64. The number of rotatable bonds is 5. The summed E-state index contributed by atoms with van der Waals surface area (Å²) < 4.78 is 5.51. The number of hydrogen-bond acceptors (Lipinski definition) is 2. The van der Waals surface area contributed by atoms with Gasteiger partial charge >= 0.3 is 0 Å². The molecule has 1 saturated carbocycles. The lowest BCUT2D eigenvalue weighted by Crippen LogP contribution is -2.60. The summed E-state index contributed by atoms with van der Waals surface area (Å²) in [5, 5.41) is 3.74. The predicted octanol–water partition coefficient (Wildman–Crippen LogP) is 3.71. The molecule has 106 valence electrons. The average molecular weight is 261 g/mol. The smallest absolute Gasteiger partial charge is 0.0652 e. The molecule has 1 aliphatic carbocycles. The second-order valence-electron chi connectivity index (χ2n) is 6.32. The Balaban J connectivity index is 1.96. The monoisotopic (exact) mass is 261 g/mol. The highest BCUT2D eigenvalue weighted by atomic mass is 16.5. The summed E-state index contributed by atoms with van der Waals surface area (Å²) in [4.78, 5) is 0. The Morgan fingerprint density at radius 2 is 1.95 bits per heavy atom. The fraction of sp³-hybridized carbons (Fsp3) is 0.647. The summed E-state index contributed by atoms with van der Waals surface area (Å²) in [7, 11) is 1.82. The first-order chi connectivity index (χ1) is 8.98. The van der Waals surface area contributed by atoms with Gasteiger partial charge in [0.25, 0.3) is 0 Å². The largest absolute Gasteiger partial charge is 0.381 e. The van der Waals surface area contributed by atoms with Crippen LogP contribution in [-0.4, -0.2) is 19.3 Å². The maximum Gasteiger partial charge on any atom is 0.0652 e. The van der Waals surface area contributed by atoms with E-state index < -0.39 is 0 Å². The van der Waals surface area contributed by atoms with Crippen LogP contribution < -0.4 is 5.32 Å². The van der Waals surface area contributed by atoms with Gasteiger partial charge in [-0.2, -0.15) is 0 Å². The fourth-order valence-corrected chi connectivity index (χ4v) is 3.01. The SMILES string of the molecule is CCc1ccc(C(C)NC2CC(OC)C2(C)C)cc1. The molecular weight excluding hydrogens is 234 g/mol. The van der Waals surface area contributed by atoms with Crippen LogP contribution in [0.2, 0.25) is 0 Å². The highest BCUT2D eigenvalue weighted by Gasteiger charge is 2.48. The number of benzene rings is 1. The van der Waals surface area contributed by atoms with E-state index in [4.69, 9.17) is 4.74 Å². The summed E-state index contributed by atoms with van der Waals surface area (Å²) in [6, 6.07) is 9.90. The van der Waals surface area contributed by atoms with E-state index in [1.807, 2.05) is 7.11 Å². The van der Waals surface area contributed by atoms with Gasteiger partial charge in [0, 0.05) is 24.6 Å². The highest BCUT2D eigenvalue weighted by molar-refractivity contribution is 5.25. The molecule has 0 spiro atoms. The van der Waals surface area contributed by atoms with E-state index in [9.17, 15) is 0 Å². The standard InChI is InChI=1S/C17H27NO/c1-6-13-7-9-14(10-8-13)12(2)18-15-11-16(19-5)17(15,3)4/h7-10,12,15-16,18H,6,11H2,1-5H3. The van der Waals surface area contributed by atoms with Gasteiger partial charge in [0.1, 0.15) is 0 Å². The molecule has 2 rings (SSSR count). The Morgan fingerprint density at radius 1 is 1.32 bits per heavy atom. The third-order valence-corrected chi connectivity index (χ3v) is 4.80. The zero-order valence-corrected chi connectivity index (χ0v) is 12.9. The first-order valence-electron chi connectivity index (χ1n) is 7.36. The zero-order valence-electron chi connectivity index (χ0n) is 12.9. The molecule has 1 aromatic rings. The molecule has 1 aliphatic rings.